The van der Waals surface area contributed by atoms with Gasteiger partial charge in [0.05, 0.1) is 0 Å². The summed E-state index contributed by atoms with van der Waals surface area (Å²) in [5.74, 6) is 0. The van der Waals surface area contributed by atoms with E-state index >= 15 is 0 Å². The summed E-state index contributed by atoms with van der Waals surface area (Å²) in [5, 5.41) is 2.57. The molecule has 1 aromatic rings. The van der Waals surface area contributed by atoms with E-state index in [1.54, 1.807) is 20.8 Å². The zero-order valence-electron chi connectivity index (χ0n) is 12.1. The van der Waals surface area contributed by atoms with Crippen molar-refractivity contribution in [2.75, 3.05) is 0 Å². The molecule has 118 valence electrons. The number of alkyl carbamates (subject to hydrolysis) is 1. The summed E-state index contributed by atoms with van der Waals surface area (Å²) in [4.78, 5) is 11.7. The molecule has 0 aromatic heterocycles. The molecule has 1 amide bonds. The number of hydrogen-bond acceptors (Lipinski definition) is 3. The van der Waals surface area contributed by atoms with Gasteiger partial charge in [-0.25, -0.2) is 13.6 Å². The van der Waals surface area contributed by atoms with Crippen molar-refractivity contribution < 1.29 is 18.3 Å². The second-order valence-electron chi connectivity index (χ2n) is 5.51. The van der Waals surface area contributed by atoms with Crippen LogP contribution in [0.2, 0.25) is 5.02 Å². The second kappa shape index (κ2) is 7.04. The fourth-order valence-electron chi connectivity index (χ4n) is 1.77. The highest BCUT2D eigenvalue weighted by molar-refractivity contribution is 6.30. The Morgan fingerprint density at radius 1 is 1.43 bits per heavy atom. The van der Waals surface area contributed by atoms with Gasteiger partial charge in [-0.2, -0.15) is 0 Å². The molecule has 1 rings (SSSR count). The Labute approximate surface area is 127 Å². The molecule has 1 unspecified atom stereocenters. The van der Waals surface area contributed by atoms with Crippen LogP contribution in [0, 0.1) is 0 Å². The lowest BCUT2D eigenvalue weighted by Crippen LogP contribution is -2.38. The van der Waals surface area contributed by atoms with Crippen LogP contribution in [0.4, 0.5) is 13.6 Å². The van der Waals surface area contributed by atoms with Gasteiger partial charge in [0.25, 0.3) is 6.43 Å². The number of nitrogens with one attached hydrogen (secondary N) is 1. The molecule has 0 aliphatic heterocycles. The van der Waals surface area contributed by atoms with Gasteiger partial charge in [0.1, 0.15) is 11.6 Å². The van der Waals surface area contributed by atoms with Crippen LogP contribution in [0.1, 0.15) is 37.9 Å². The molecule has 0 fully saturated rings. The molecule has 1 atom stereocenters. The quantitative estimate of drug-likeness (QED) is 0.890. The Balaban J connectivity index is 3.00. The van der Waals surface area contributed by atoms with Gasteiger partial charge < -0.3 is 15.8 Å². The molecule has 0 aliphatic rings. The molecule has 0 aliphatic carbocycles. The first-order valence-corrected chi connectivity index (χ1v) is 6.78. The average molecular weight is 321 g/mol. The first kappa shape index (κ1) is 17.7. The first-order valence-electron chi connectivity index (χ1n) is 6.40. The maximum atomic E-state index is 13.3. The number of rotatable bonds is 4. The Morgan fingerprint density at radius 2 is 2.05 bits per heavy atom. The van der Waals surface area contributed by atoms with Crippen LogP contribution >= 0.6 is 11.6 Å². The summed E-state index contributed by atoms with van der Waals surface area (Å²) in [7, 11) is 0. The van der Waals surface area contributed by atoms with E-state index in [0.29, 0.717) is 10.6 Å². The van der Waals surface area contributed by atoms with Gasteiger partial charge in [-0.3, -0.25) is 0 Å². The Bertz CT molecular complexity index is 504. The molecule has 0 radical (unpaired) electrons. The molecule has 0 bridgehead atoms. The van der Waals surface area contributed by atoms with Gasteiger partial charge in [-0.05, 0) is 44.0 Å². The smallest absolute Gasteiger partial charge is 0.408 e. The molecular formula is C14H19ClF2N2O2. The normalized spacial score (nSPS) is 13.1. The van der Waals surface area contributed by atoms with Crippen LogP contribution in [0.3, 0.4) is 0 Å². The monoisotopic (exact) mass is 320 g/mol. The maximum Gasteiger partial charge on any atom is 0.408 e. The maximum absolute atomic E-state index is 13.3. The summed E-state index contributed by atoms with van der Waals surface area (Å²) in [6, 6.07) is 2.90. The molecule has 21 heavy (non-hydrogen) atoms. The van der Waals surface area contributed by atoms with Crippen LogP contribution in [-0.2, 0) is 11.3 Å². The van der Waals surface area contributed by atoms with E-state index in [1.165, 1.54) is 18.2 Å². The third-order valence-electron chi connectivity index (χ3n) is 2.58. The van der Waals surface area contributed by atoms with Crippen LogP contribution < -0.4 is 11.1 Å². The van der Waals surface area contributed by atoms with Crippen molar-refractivity contribution >= 4 is 17.7 Å². The highest BCUT2D eigenvalue weighted by Crippen LogP contribution is 2.27. The number of halogens is 3. The fraction of sp³-hybridized carbons (Fsp3) is 0.500. The SMILES string of the molecule is CC(C)(C)OC(=O)NC(c1ccc(Cl)cc1CN)C(F)F. The number of carbonyl (C=O) groups is 1. The van der Waals surface area contributed by atoms with E-state index in [-0.39, 0.29) is 12.1 Å². The van der Waals surface area contributed by atoms with Crippen molar-refractivity contribution in [3.8, 4) is 0 Å². The number of carbonyl (C=O) groups excluding carboxylic acids is 1. The van der Waals surface area contributed by atoms with Crippen LogP contribution in [0.25, 0.3) is 0 Å². The topological polar surface area (TPSA) is 64.3 Å². The minimum atomic E-state index is -2.80. The second-order valence-corrected chi connectivity index (χ2v) is 5.94. The van der Waals surface area contributed by atoms with Crippen molar-refractivity contribution in [1.29, 1.82) is 0 Å². The molecular weight excluding hydrogens is 302 g/mol. The van der Waals surface area contributed by atoms with Gasteiger partial charge in [-0.15, -0.1) is 0 Å². The lowest BCUT2D eigenvalue weighted by molar-refractivity contribution is 0.0372. The van der Waals surface area contributed by atoms with E-state index in [0.717, 1.165) is 0 Å². The number of benzene rings is 1. The van der Waals surface area contributed by atoms with Gasteiger partial charge >= 0.3 is 6.09 Å². The molecule has 0 spiro atoms. The van der Waals surface area contributed by atoms with Crippen molar-refractivity contribution in [3.63, 3.8) is 0 Å². The van der Waals surface area contributed by atoms with Gasteiger partial charge in [-0.1, -0.05) is 17.7 Å². The van der Waals surface area contributed by atoms with Gasteiger partial charge in [0.15, 0.2) is 0 Å². The van der Waals surface area contributed by atoms with E-state index in [1.807, 2.05) is 0 Å². The molecule has 0 saturated heterocycles. The van der Waals surface area contributed by atoms with Gasteiger partial charge in [0, 0.05) is 11.6 Å². The summed E-state index contributed by atoms with van der Waals surface area (Å²) >= 11 is 5.82. The van der Waals surface area contributed by atoms with Crippen molar-refractivity contribution in [1.82, 2.24) is 5.32 Å². The highest BCUT2D eigenvalue weighted by atomic mass is 35.5. The van der Waals surface area contributed by atoms with Crippen LogP contribution in [0.15, 0.2) is 18.2 Å². The largest absolute Gasteiger partial charge is 0.444 e. The zero-order valence-corrected chi connectivity index (χ0v) is 12.9. The van der Waals surface area contributed by atoms with Gasteiger partial charge in [0.2, 0.25) is 0 Å². The average Bonchev–Trinajstić information content (AvgIpc) is 2.33. The molecule has 0 saturated carbocycles. The molecule has 0 heterocycles. The standard InChI is InChI=1S/C14H19ClF2N2O2/c1-14(2,3)21-13(20)19-11(12(16)17)10-5-4-9(15)6-8(10)7-18/h4-6,11-12H,7,18H2,1-3H3,(H,19,20). The van der Waals surface area contributed by atoms with Crippen molar-refractivity contribution in [2.24, 2.45) is 5.73 Å². The molecule has 3 N–H and O–H groups in total. The van der Waals surface area contributed by atoms with E-state index in [2.05, 4.69) is 5.32 Å². The summed E-state index contributed by atoms with van der Waals surface area (Å²) in [6.07, 6.45) is -3.71. The van der Waals surface area contributed by atoms with Crippen molar-refractivity contribution in [2.45, 2.75) is 45.4 Å². The summed E-state index contributed by atoms with van der Waals surface area (Å²) < 4.78 is 31.5. The highest BCUT2D eigenvalue weighted by Gasteiger charge is 2.28. The number of hydrogen-bond donors (Lipinski definition) is 2. The third kappa shape index (κ3) is 5.47. The number of nitrogens with two attached hydrogens (primary N) is 1. The van der Waals surface area contributed by atoms with E-state index in [4.69, 9.17) is 22.1 Å². The summed E-state index contributed by atoms with van der Waals surface area (Å²) in [5.41, 5.74) is 5.44. The number of alkyl halides is 2. The first-order chi connectivity index (χ1) is 9.64. The molecule has 7 heteroatoms. The predicted molar refractivity (Wildman–Crippen MR) is 77.5 cm³/mol. The van der Waals surface area contributed by atoms with Crippen molar-refractivity contribution in [3.05, 3.63) is 34.3 Å². The summed E-state index contributed by atoms with van der Waals surface area (Å²) in [6.45, 7) is 4.99. The van der Waals surface area contributed by atoms with Crippen LogP contribution in [-0.4, -0.2) is 18.1 Å². The third-order valence-corrected chi connectivity index (χ3v) is 2.82. The lowest BCUT2D eigenvalue weighted by Gasteiger charge is -2.24. The van der Waals surface area contributed by atoms with Crippen LogP contribution in [0.5, 0.6) is 0 Å². The number of ether oxygens (including phenoxy) is 1. The Morgan fingerprint density at radius 3 is 2.52 bits per heavy atom. The minimum absolute atomic E-state index is 0.0368. The lowest BCUT2D eigenvalue weighted by atomic mass is 10.0. The predicted octanol–water partition coefficient (Wildman–Crippen LogP) is 3.63. The Kier molecular flexibility index (Phi) is 5.92. The van der Waals surface area contributed by atoms with E-state index in [9.17, 15) is 13.6 Å². The fourth-order valence-corrected chi connectivity index (χ4v) is 1.96. The van der Waals surface area contributed by atoms with E-state index < -0.39 is 24.2 Å². The molecule has 1 aromatic carbocycles. The minimum Gasteiger partial charge on any atom is -0.444 e. The zero-order chi connectivity index (χ0) is 16.2. The number of amides is 1. The molecule has 4 nitrogen and oxygen atoms in total. The Hall–Kier alpha value is -1.40.